The molecule has 24 heavy (non-hydrogen) atoms. The van der Waals surface area contributed by atoms with E-state index in [9.17, 15) is 49.1 Å². The van der Waals surface area contributed by atoms with Crippen LogP contribution in [0.25, 0.3) is 0 Å². The van der Waals surface area contributed by atoms with Crippen LogP contribution in [0.3, 0.4) is 0 Å². The van der Waals surface area contributed by atoms with Crippen molar-refractivity contribution in [3.8, 4) is 0 Å². The fourth-order valence-electron chi connectivity index (χ4n) is 2.08. The smallest absolute Gasteiger partial charge is 0.299 e. The summed E-state index contributed by atoms with van der Waals surface area (Å²) in [5, 5.41) is 0. The molecule has 0 aromatic carbocycles. The first-order chi connectivity index (χ1) is 10.5. The van der Waals surface area contributed by atoms with E-state index < -0.39 is 67.6 Å². The molecular formula is C13H15F9O2. The van der Waals surface area contributed by atoms with Crippen LogP contribution in [-0.4, -0.2) is 30.1 Å². The van der Waals surface area contributed by atoms with E-state index in [0.717, 1.165) is 0 Å². The van der Waals surface area contributed by atoms with E-state index in [2.05, 4.69) is 0 Å². The molecule has 0 rings (SSSR count). The second kappa shape index (κ2) is 8.19. The molecule has 0 aliphatic rings. The highest BCUT2D eigenvalue weighted by molar-refractivity contribution is 6.01. The van der Waals surface area contributed by atoms with Gasteiger partial charge in [-0.1, -0.05) is 6.92 Å². The fourth-order valence-corrected chi connectivity index (χ4v) is 2.08. The Morgan fingerprint density at radius 3 is 1.25 bits per heavy atom. The molecule has 11 heteroatoms. The molecule has 0 saturated heterocycles. The predicted molar refractivity (Wildman–Crippen MR) is 63.9 cm³/mol. The van der Waals surface area contributed by atoms with Gasteiger partial charge in [0, 0.05) is 11.8 Å². The Bertz CT molecular complexity index is 418. The van der Waals surface area contributed by atoms with Crippen LogP contribution in [0, 0.1) is 11.8 Å². The lowest BCUT2D eigenvalue weighted by Crippen LogP contribution is -2.31. The quantitative estimate of drug-likeness (QED) is 0.442. The van der Waals surface area contributed by atoms with Crippen molar-refractivity contribution in [2.45, 2.75) is 57.6 Å². The zero-order chi connectivity index (χ0) is 19.3. The molecule has 0 aromatic heterocycles. The lowest BCUT2D eigenvalue weighted by molar-refractivity contribution is -0.178. The maximum Gasteiger partial charge on any atom is 0.389 e. The minimum Gasteiger partial charge on any atom is -0.299 e. The Morgan fingerprint density at radius 2 is 0.958 bits per heavy atom. The molecule has 0 N–H and O–H groups in total. The average Bonchev–Trinajstić information content (AvgIpc) is 2.30. The van der Waals surface area contributed by atoms with E-state index >= 15 is 0 Å². The molecule has 0 bridgehead atoms. The first-order valence-corrected chi connectivity index (χ1v) is 6.79. The number of Topliss-reactive ketones (excluding diaryl/α,β-unsaturated/α-hetero) is 2. The van der Waals surface area contributed by atoms with E-state index in [4.69, 9.17) is 0 Å². The molecule has 0 amide bonds. The van der Waals surface area contributed by atoms with Gasteiger partial charge < -0.3 is 0 Å². The van der Waals surface area contributed by atoms with Crippen molar-refractivity contribution in [1.29, 1.82) is 0 Å². The van der Waals surface area contributed by atoms with Crippen molar-refractivity contribution < 1.29 is 49.1 Å². The van der Waals surface area contributed by atoms with E-state index in [1.54, 1.807) is 0 Å². The Balaban J connectivity index is 5.05. The summed E-state index contributed by atoms with van der Waals surface area (Å²) in [6, 6.07) is 0. The number of hydrogen-bond acceptors (Lipinski definition) is 2. The molecule has 0 heterocycles. The lowest BCUT2D eigenvalue weighted by atomic mass is 9.87. The maximum absolute atomic E-state index is 12.3. The molecule has 2 nitrogen and oxygen atoms in total. The number of ketones is 2. The Hall–Kier alpha value is -1.29. The third-order valence-corrected chi connectivity index (χ3v) is 3.19. The molecule has 142 valence electrons. The zero-order valence-corrected chi connectivity index (χ0v) is 12.4. The van der Waals surface area contributed by atoms with E-state index in [-0.39, 0.29) is 6.42 Å². The van der Waals surface area contributed by atoms with Gasteiger partial charge in [-0.05, 0) is 6.42 Å². The molecule has 0 saturated carbocycles. The first kappa shape index (κ1) is 22.7. The van der Waals surface area contributed by atoms with Gasteiger partial charge in [-0.15, -0.1) is 0 Å². The SMILES string of the molecule is CCC(CC(F)(F)F)C(=O)CC(=O)C(CC(F)(F)F)CC(F)(F)F. The normalized spacial score (nSPS) is 14.8. The topological polar surface area (TPSA) is 34.1 Å². The van der Waals surface area contributed by atoms with Crippen molar-refractivity contribution in [3.63, 3.8) is 0 Å². The first-order valence-electron chi connectivity index (χ1n) is 6.79. The maximum atomic E-state index is 12.3. The van der Waals surface area contributed by atoms with E-state index in [1.807, 2.05) is 0 Å². The zero-order valence-electron chi connectivity index (χ0n) is 12.4. The molecular weight excluding hydrogens is 359 g/mol. The number of hydrogen-bond donors (Lipinski definition) is 0. The highest BCUT2D eigenvalue weighted by Crippen LogP contribution is 2.35. The third-order valence-electron chi connectivity index (χ3n) is 3.19. The molecule has 1 atom stereocenters. The average molecular weight is 374 g/mol. The van der Waals surface area contributed by atoms with Gasteiger partial charge in [0.2, 0.25) is 0 Å². The van der Waals surface area contributed by atoms with Gasteiger partial charge in [-0.25, -0.2) is 0 Å². The second-order valence-corrected chi connectivity index (χ2v) is 5.37. The Morgan fingerprint density at radius 1 is 0.667 bits per heavy atom. The van der Waals surface area contributed by atoms with Gasteiger partial charge in [0.1, 0.15) is 11.6 Å². The second-order valence-electron chi connectivity index (χ2n) is 5.37. The molecule has 0 aromatic rings. The highest BCUT2D eigenvalue weighted by Gasteiger charge is 2.43. The number of carbonyl (C=O) groups excluding carboxylic acids is 2. The summed E-state index contributed by atoms with van der Waals surface area (Å²) in [6.45, 7) is 1.20. The van der Waals surface area contributed by atoms with Crippen LogP contribution in [0.2, 0.25) is 0 Å². The summed E-state index contributed by atoms with van der Waals surface area (Å²) in [6.07, 6.45) is -22.4. The van der Waals surface area contributed by atoms with Crippen molar-refractivity contribution in [2.75, 3.05) is 0 Å². The van der Waals surface area contributed by atoms with Crippen LogP contribution in [0.5, 0.6) is 0 Å². The van der Waals surface area contributed by atoms with Gasteiger partial charge in [0.05, 0.1) is 25.7 Å². The summed E-state index contributed by atoms with van der Waals surface area (Å²) in [7, 11) is 0. The number of halogens is 9. The van der Waals surface area contributed by atoms with Crippen LogP contribution in [0.4, 0.5) is 39.5 Å². The van der Waals surface area contributed by atoms with Gasteiger partial charge >= 0.3 is 18.5 Å². The fraction of sp³-hybridized carbons (Fsp3) is 0.846. The van der Waals surface area contributed by atoms with Crippen molar-refractivity contribution in [2.24, 2.45) is 11.8 Å². The van der Waals surface area contributed by atoms with Gasteiger partial charge in [0.25, 0.3) is 0 Å². The molecule has 0 spiro atoms. The van der Waals surface area contributed by atoms with Crippen molar-refractivity contribution in [1.82, 2.24) is 0 Å². The predicted octanol–water partition coefficient (Wildman–Crippen LogP) is 5.01. The highest BCUT2D eigenvalue weighted by atomic mass is 19.4. The van der Waals surface area contributed by atoms with Gasteiger partial charge in [-0.2, -0.15) is 39.5 Å². The monoisotopic (exact) mass is 374 g/mol. The number of alkyl halides is 9. The standard InChI is InChI=1S/C13H15F9O2/c1-2-7(4-11(14,15)16)9(23)3-10(24)8(5-12(17,18)19)6-13(20,21)22/h7-8H,2-6H2,1H3. The largest absolute Gasteiger partial charge is 0.389 e. The Kier molecular flexibility index (Phi) is 7.75. The van der Waals surface area contributed by atoms with Crippen LogP contribution in [-0.2, 0) is 9.59 Å². The van der Waals surface area contributed by atoms with Crippen LogP contribution in [0.15, 0.2) is 0 Å². The number of carbonyl (C=O) groups is 2. The number of rotatable bonds is 8. The van der Waals surface area contributed by atoms with Crippen LogP contribution in [0.1, 0.15) is 39.0 Å². The summed E-state index contributed by atoms with van der Waals surface area (Å²) in [4.78, 5) is 23.2. The summed E-state index contributed by atoms with van der Waals surface area (Å²) in [5.74, 6) is -7.19. The van der Waals surface area contributed by atoms with E-state index in [1.165, 1.54) is 6.92 Å². The molecule has 0 aliphatic carbocycles. The summed E-state index contributed by atoms with van der Waals surface area (Å²) >= 11 is 0. The Labute approximate surface area is 131 Å². The lowest BCUT2D eigenvalue weighted by Gasteiger charge is -2.20. The molecule has 1 unspecified atom stereocenters. The van der Waals surface area contributed by atoms with Gasteiger partial charge in [0.15, 0.2) is 0 Å². The van der Waals surface area contributed by atoms with Gasteiger partial charge in [-0.3, -0.25) is 9.59 Å². The van der Waals surface area contributed by atoms with Crippen LogP contribution >= 0.6 is 0 Å². The van der Waals surface area contributed by atoms with Crippen molar-refractivity contribution in [3.05, 3.63) is 0 Å². The summed E-state index contributed by atoms with van der Waals surface area (Å²) < 4.78 is 110. The molecule has 0 aliphatic heterocycles. The minimum absolute atomic E-state index is 0.338. The van der Waals surface area contributed by atoms with Crippen molar-refractivity contribution >= 4 is 11.6 Å². The van der Waals surface area contributed by atoms with Crippen LogP contribution < -0.4 is 0 Å². The molecule has 0 fully saturated rings. The molecule has 0 radical (unpaired) electrons. The van der Waals surface area contributed by atoms with E-state index in [0.29, 0.717) is 0 Å². The summed E-state index contributed by atoms with van der Waals surface area (Å²) in [5.41, 5.74) is 0. The third kappa shape index (κ3) is 10.5. The minimum atomic E-state index is -5.08.